The number of hydrogen-bond acceptors (Lipinski definition) is 6. The maximum absolute atomic E-state index is 11.3. The summed E-state index contributed by atoms with van der Waals surface area (Å²) in [4.78, 5) is 2.26. The molecule has 11 aromatic carbocycles. The third kappa shape index (κ3) is 7.36. The summed E-state index contributed by atoms with van der Waals surface area (Å²) in [6.07, 6.45) is 0.838. The summed E-state index contributed by atoms with van der Waals surface area (Å²) in [7, 11) is 0. The molecule has 0 aliphatic heterocycles. The Morgan fingerprint density at radius 1 is 0.368 bits per heavy atom. The first-order chi connectivity index (χ1) is 37.0. The number of rotatable bonds is 6. The van der Waals surface area contributed by atoms with Crippen LogP contribution in [0.2, 0.25) is 0 Å². The quantitative estimate of drug-likeness (QED) is 0.0838. The number of phenols is 5. The molecule has 1 aliphatic rings. The van der Waals surface area contributed by atoms with Gasteiger partial charge in [-0.3, -0.25) is 0 Å². The number of hydrogen-bond donors (Lipinski definition) is 5. The maximum atomic E-state index is 11.3. The summed E-state index contributed by atoms with van der Waals surface area (Å²) in [5.74, 6) is -4.41. The molecule has 0 bridgehead atoms. The summed E-state index contributed by atoms with van der Waals surface area (Å²) in [5, 5.41) is 60.6. The second-order valence-corrected chi connectivity index (χ2v) is 19.9. The zero-order chi connectivity index (χ0) is 51.9. The summed E-state index contributed by atoms with van der Waals surface area (Å²) >= 11 is 0. The average molecular weight is 990 g/mol. The van der Waals surface area contributed by atoms with Gasteiger partial charge in [0, 0.05) is 44.3 Å². The number of aromatic hydroxyl groups is 5. The fourth-order valence-electron chi connectivity index (χ4n) is 11.3. The molecular weight excluding hydrogens is 939 g/mol. The number of anilines is 3. The van der Waals surface area contributed by atoms with E-state index in [1.165, 1.54) is 49.7 Å². The molecule has 8 heteroatoms. The Bertz CT molecular complexity index is 4350. The zero-order valence-corrected chi connectivity index (χ0v) is 42.0. The number of fused-ring (bicyclic) bond motifs is 11. The Morgan fingerprint density at radius 2 is 0.882 bits per heavy atom. The van der Waals surface area contributed by atoms with Crippen LogP contribution in [0.5, 0.6) is 28.7 Å². The molecule has 0 unspecified atom stereocenters. The van der Waals surface area contributed by atoms with Gasteiger partial charge in [0.05, 0.1) is 22.1 Å². The molecule has 13 aromatic rings. The summed E-state index contributed by atoms with van der Waals surface area (Å²) in [6.45, 7) is 6.33. The predicted molar refractivity (Wildman–Crippen MR) is 310 cm³/mol. The highest BCUT2D eigenvalue weighted by atomic mass is 16.4. The normalized spacial score (nSPS) is 11.8. The number of phenolic OH excluding ortho intramolecular Hbond substituents is 5. The van der Waals surface area contributed by atoms with Crippen LogP contribution < -0.4 is 4.90 Å². The van der Waals surface area contributed by atoms with Crippen molar-refractivity contribution in [1.29, 1.82) is 0 Å². The van der Waals surface area contributed by atoms with Gasteiger partial charge in [-0.05, 0) is 167 Å². The lowest BCUT2D eigenvalue weighted by Crippen LogP contribution is -2.10. The Balaban J connectivity index is 0.000000636. The van der Waals surface area contributed by atoms with Crippen LogP contribution in [-0.4, -0.2) is 34.7 Å². The standard InChI is InChI=1S/C60H41N3O5.C8H10/c1-34-14-21-40(22-15-34)61(42-25-27-43(28-26-42)62-50-12-6-4-10-45(50)46-11-5-7-13-51(46)62)41-23-18-35(19-24-41)36-20-29-52-48(31-36)49-33-47-38(16-17-39-30-37-8-2-3-9-44(37)54(39)47)32-53(49)63(52)55-56(64)58(66)60(68)59(67)57(55)65;1-7-5-3-4-6-8(7)2/h2-29,31-33,64-68H,30H2,1H3;3-6H,1-2H3. The van der Waals surface area contributed by atoms with Gasteiger partial charge in [0.2, 0.25) is 17.2 Å². The largest absolute Gasteiger partial charge is 0.503 e. The fraction of sp³-hybridized carbons (Fsp3) is 0.0588. The van der Waals surface area contributed by atoms with Crippen LogP contribution >= 0.6 is 0 Å². The van der Waals surface area contributed by atoms with Crippen LogP contribution in [0.25, 0.3) is 88.0 Å². The molecular formula is C68H51N3O5. The van der Waals surface area contributed by atoms with Crippen LogP contribution in [-0.2, 0) is 6.42 Å². The second kappa shape index (κ2) is 17.9. The molecule has 76 heavy (non-hydrogen) atoms. The molecule has 0 saturated heterocycles. The summed E-state index contributed by atoms with van der Waals surface area (Å²) < 4.78 is 3.96. The van der Waals surface area contributed by atoms with Crippen molar-refractivity contribution in [3.05, 3.63) is 240 Å². The minimum atomic E-state index is -1.01. The van der Waals surface area contributed by atoms with E-state index in [-0.39, 0.29) is 5.69 Å². The van der Waals surface area contributed by atoms with Crippen LogP contribution in [0.15, 0.2) is 212 Å². The number of para-hydroxylation sites is 2. The minimum Gasteiger partial charge on any atom is -0.503 e. The highest BCUT2D eigenvalue weighted by Gasteiger charge is 2.29. The van der Waals surface area contributed by atoms with E-state index in [1.807, 2.05) is 18.2 Å². The van der Waals surface area contributed by atoms with Crippen molar-refractivity contribution in [2.45, 2.75) is 27.2 Å². The van der Waals surface area contributed by atoms with Crippen molar-refractivity contribution in [3.63, 3.8) is 0 Å². The predicted octanol–water partition coefficient (Wildman–Crippen LogP) is 16.9. The molecule has 14 rings (SSSR count). The number of nitrogens with zero attached hydrogens (tertiary/aromatic N) is 3. The lowest BCUT2D eigenvalue weighted by molar-refractivity contribution is 0.327. The van der Waals surface area contributed by atoms with Gasteiger partial charge in [0.15, 0.2) is 11.5 Å². The molecule has 8 nitrogen and oxygen atoms in total. The first-order valence-electron chi connectivity index (χ1n) is 25.4. The molecule has 2 aromatic heterocycles. The van der Waals surface area contributed by atoms with Gasteiger partial charge in [0.1, 0.15) is 5.69 Å². The van der Waals surface area contributed by atoms with E-state index < -0.39 is 28.7 Å². The van der Waals surface area contributed by atoms with Crippen molar-refractivity contribution in [2.24, 2.45) is 0 Å². The van der Waals surface area contributed by atoms with Gasteiger partial charge in [-0.15, -0.1) is 0 Å². The smallest absolute Gasteiger partial charge is 0.208 e. The third-order valence-corrected chi connectivity index (χ3v) is 15.4. The molecule has 0 spiro atoms. The van der Waals surface area contributed by atoms with Crippen LogP contribution in [0.3, 0.4) is 0 Å². The van der Waals surface area contributed by atoms with Crippen LogP contribution in [0.4, 0.5) is 17.1 Å². The number of aryl methyl sites for hydroxylation is 3. The zero-order valence-electron chi connectivity index (χ0n) is 42.0. The van der Waals surface area contributed by atoms with Gasteiger partial charge in [-0.25, -0.2) is 0 Å². The van der Waals surface area contributed by atoms with E-state index in [0.29, 0.717) is 11.0 Å². The molecule has 0 saturated carbocycles. The van der Waals surface area contributed by atoms with Crippen molar-refractivity contribution in [2.75, 3.05) is 4.90 Å². The molecule has 0 amide bonds. The molecule has 368 valence electrons. The van der Waals surface area contributed by atoms with Gasteiger partial charge < -0.3 is 39.6 Å². The van der Waals surface area contributed by atoms with Crippen molar-refractivity contribution < 1.29 is 25.5 Å². The van der Waals surface area contributed by atoms with E-state index >= 15 is 0 Å². The highest BCUT2D eigenvalue weighted by molar-refractivity contribution is 6.17. The van der Waals surface area contributed by atoms with E-state index in [9.17, 15) is 25.5 Å². The van der Waals surface area contributed by atoms with Crippen molar-refractivity contribution >= 4 is 71.4 Å². The lowest BCUT2D eigenvalue weighted by Gasteiger charge is -2.26. The van der Waals surface area contributed by atoms with Gasteiger partial charge in [-0.2, -0.15) is 0 Å². The molecule has 0 atom stereocenters. The summed E-state index contributed by atoms with van der Waals surface area (Å²) in [5.41, 5.74) is 18.1. The Hall–Kier alpha value is -9.92. The van der Waals surface area contributed by atoms with Crippen LogP contribution in [0.1, 0.15) is 27.8 Å². The lowest BCUT2D eigenvalue weighted by atomic mass is 9.95. The Kier molecular flexibility index (Phi) is 10.8. The monoisotopic (exact) mass is 989 g/mol. The highest BCUT2D eigenvalue weighted by Crippen LogP contribution is 2.55. The maximum Gasteiger partial charge on any atom is 0.208 e. The molecule has 0 radical (unpaired) electrons. The van der Waals surface area contributed by atoms with E-state index in [1.54, 1.807) is 4.57 Å². The van der Waals surface area contributed by atoms with Crippen molar-refractivity contribution in [3.8, 4) is 62.4 Å². The van der Waals surface area contributed by atoms with E-state index in [2.05, 4.69) is 224 Å². The SMILES string of the molecule is Cc1ccc(N(c2ccc(-c3ccc4c(c3)c3cc5c6c(ccc5cc3n4-c3c(O)c(O)c(O)c(O)c3O)Cc3ccccc3-6)cc2)c2ccc(-n3c4ccccc4c4ccccc43)cc2)cc1.Cc1ccccc1C. The Labute approximate surface area is 438 Å². The molecule has 2 heterocycles. The van der Waals surface area contributed by atoms with Crippen LogP contribution in [0, 0.1) is 20.8 Å². The van der Waals surface area contributed by atoms with Gasteiger partial charge >= 0.3 is 0 Å². The average Bonchev–Trinajstić information content (AvgIpc) is 4.21. The Morgan fingerprint density at radius 3 is 1.51 bits per heavy atom. The van der Waals surface area contributed by atoms with Gasteiger partial charge in [-0.1, -0.05) is 133 Å². The summed E-state index contributed by atoms with van der Waals surface area (Å²) in [6, 6.07) is 74.1. The van der Waals surface area contributed by atoms with E-state index in [4.69, 9.17) is 0 Å². The van der Waals surface area contributed by atoms with E-state index in [0.717, 1.165) is 72.9 Å². The molecule has 5 N–H and O–H groups in total. The molecule has 1 aliphatic carbocycles. The minimum absolute atomic E-state index is 0.250. The van der Waals surface area contributed by atoms with Gasteiger partial charge in [0.25, 0.3) is 0 Å². The fourth-order valence-corrected chi connectivity index (χ4v) is 11.3. The first-order valence-corrected chi connectivity index (χ1v) is 25.4. The number of benzene rings is 11. The number of aromatic nitrogens is 2. The molecule has 0 fully saturated rings. The second-order valence-electron chi connectivity index (χ2n) is 19.9. The third-order valence-electron chi connectivity index (χ3n) is 15.4. The van der Waals surface area contributed by atoms with Crippen molar-refractivity contribution in [1.82, 2.24) is 9.13 Å². The first kappa shape index (κ1) is 45.9. The topological polar surface area (TPSA) is 114 Å².